The van der Waals surface area contributed by atoms with Gasteiger partial charge in [-0.05, 0) is 12.8 Å². The molecule has 1 saturated heterocycles. The molecule has 1 aliphatic rings. The number of rotatable bonds is 27. The summed E-state index contributed by atoms with van der Waals surface area (Å²) in [6, 6.07) is 0. The number of hydrogen-bond acceptors (Lipinski definition) is 6. The van der Waals surface area contributed by atoms with Crippen LogP contribution in [0.5, 0.6) is 0 Å². The molecule has 1 fully saturated rings. The van der Waals surface area contributed by atoms with Crippen molar-refractivity contribution < 1.29 is 29.9 Å². The number of unbranched alkanes of at least 4 members (excludes halogenated alkanes) is 20. The summed E-state index contributed by atoms with van der Waals surface area (Å²) < 4.78 is 11.8. The second-order valence-corrected chi connectivity index (χ2v) is 12.1. The molecule has 0 spiro atoms. The molecule has 39 heavy (non-hydrogen) atoms. The highest BCUT2D eigenvalue weighted by molar-refractivity contribution is 4.89. The van der Waals surface area contributed by atoms with Crippen LogP contribution in [0, 0.1) is 0 Å². The Hall–Kier alpha value is -0.240. The maximum Gasteiger partial charge on any atom is 0.186 e. The van der Waals surface area contributed by atoms with Crippen LogP contribution in [0.3, 0.4) is 0 Å². The molecule has 6 atom stereocenters. The molecule has 5 unspecified atom stereocenters. The Morgan fingerprint density at radius 3 is 1.23 bits per heavy atom. The smallest absolute Gasteiger partial charge is 0.186 e. The third-order valence-corrected chi connectivity index (χ3v) is 8.43. The maximum atomic E-state index is 10.4. The van der Waals surface area contributed by atoms with Crippen LogP contribution < -0.4 is 0 Å². The van der Waals surface area contributed by atoms with Crippen molar-refractivity contribution in [3.63, 3.8) is 0 Å². The Morgan fingerprint density at radius 1 is 0.513 bits per heavy atom. The van der Waals surface area contributed by atoms with E-state index in [0.29, 0.717) is 0 Å². The molecule has 0 bridgehead atoms. The second kappa shape index (κ2) is 25.5. The largest absolute Gasteiger partial charge is 0.394 e. The zero-order valence-corrected chi connectivity index (χ0v) is 25.7. The first-order valence-electron chi connectivity index (χ1n) is 17.0. The fourth-order valence-electron chi connectivity index (χ4n) is 5.72. The topological polar surface area (TPSA) is 99.4 Å². The van der Waals surface area contributed by atoms with Gasteiger partial charge < -0.3 is 29.9 Å². The van der Waals surface area contributed by atoms with Gasteiger partial charge in [0.15, 0.2) is 6.29 Å². The van der Waals surface area contributed by atoms with Gasteiger partial charge in [-0.25, -0.2) is 0 Å². The second-order valence-electron chi connectivity index (χ2n) is 12.1. The van der Waals surface area contributed by atoms with Gasteiger partial charge in [-0.2, -0.15) is 0 Å². The summed E-state index contributed by atoms with van der Waals surface area (Å²) in [6.45, 7) is 4.10. The van der Waals surface area contributed by atoms with E-state index in [1.165, 1.54) is 128 Å². The molecule has 0 saturated carbocycles. The van der Waals surface area contributed by atoms with Gasteiger partial charge in [-0.3, -0.25) is 0 Å². The van der Waals surface area contributed by atoms with E-state index in [1.54, 1.807) is 0 Å². The molecule has 234 valence electrons. The third-order valence-electron chi connectivity index (χ3n) is 8.43. The van der Waals surface area contributed by atoms with Gasteiger partial charge in [0.05, 0.1) is 12.7 Å². The highest BCUT2D eigenvalue weighted by Gasteiger charge is 2.44. The molecular formula is C33H66O6. The quantitative estimate of drug-likeness (QED) is 0.0776. The third kappa shape index (κ3) is 18.0. The highest BCUT2D eigenvalue weighted by atomic mass is 16.7. The van der Waals surface area contributed by atoms with Crippen molar-refractivity contribution in [1.82, 2.24) is 0 Å². The van der Waals surface area contributed by atoms with Gasteiger partial charge in [-0.15, -0.1) is 0 Å². The molecule has 1 rings (SSSR count). The van der Waals surface area contributed by atoms with E-state index in [1.807, 2.05) is 0 Å². The molecule has 0 aromatic heterocycles. The van der Waals surface area contributed by atoms with Crippen molar-refractivity contribution in [2.75, 3.05) is 6.61 Å². The summed E-state index contributed by atoms with van der Waals surface area (Å²) in [6.07, 6.45) is 24.4. The lowest BCUT2D eigenvalue weighted by molar-refractivity contribution is -0.312. The lowest BCUT2D eigenvalue weighted by atomic mass is 9.98. The van der Waals surface area contributed by atoms with E-state index in [9.17, 15) is 20.4 Å². The maximum absolute atomic E-state index is 10.4. The van der Waals surface area contributed by atoms with Crippen LogP contribution in [0.1, 0.15) is 168 Å². The molecule has 0 amide bonds. The van der Waals surface area contributed by atoms with E-state index < -0.39 is 37.3 Å². The molecule has 6 heteroatoms. The zero-order chi connectivity index (χ0) is 28.6. The SMILES string of the molecule is CCCCCCCCCCCCCC[C@H](CCCCCCCCCCCC)OC1OC(CO)C(O)C(O)C1O. The summed E-state index contributed by atoms with van der Waals surface area (Å²) in [5.41, 5.74) is 0. The summed E-state index contributed by atoms with van der Waals surface area (Å²) in [5, 5.41) is 40.2. The molecule has 0 aromatic rings. The van der Waals surface area contributed by atoms with Gasteiger partial charge in [0.2, 0.25) is 0 Å². The van der Waals surface area contributed by atoms with Crippen LogP contribution in [0.25, 0.3) is 0 Å². The van der Waals surface area contributed by atoms with Crippen molar-refractivity contribution in [3.05, 3.63) is 0 Å². The Kier molecular flexibility index (Phi) is 24.0. The first kappa shape index (κ1) is 36.8. The van der Waals surface area contributed by atoms with Crippen LogP contribution in [-0.4, -0.2) is 63.8 Å². The minimum Gasteiger partial charge on any atom is -0.394 e. The molecule has 0 aliphatic carbocycles. The van der Waals surface area contributed by atoms with Gasteiger partial charge in [0.25, 0.3) is 0 Å². The van der Waals surface area contributed by atoms with Crippen LogP contribution in [0.2, 0.25) is 0 Å². The number of ether oxygens (including phenoxy) is 2. The van der Waals surface area contributed by atoms with Gasteiger partial charge in [0, 0.05) is 0 Å². The predicted molar refractivity (Wildman–Crippen MR) is 161 cm³/mol. The average Bonchev–Trinajstić information content (AvgIpc) is 2.94. The van der Waals surface area contributed by atoms with Gasteiger partial charge in [-0.1, -0.05) is 155 Å². The number of aliphatic hydroxyl groups is 4. The summed E-state index contributed by atoms with van der Waals surface area (Å²) in [5.74, 6) is 0. The number of aliphatic hydroxyl groups excluding tert-OH is 4. The van der Waals surface area contributed by atoms with Crippen molar-refractivity contribution in [2.45, 2.75) is 205 Å². The van der Waals surface area contributed by atoms with Gasteiger partial charge >= 0.3 is 0 Å². The number of hydrogen-bond donors (Lipinski definition) is 4. The normalized spacial score (nSPS) is 24.3. The minimum atomic E-state index is -1.38. The molecule has 0 aromatic carbocycles. The Labute approximate surface area is 241 Å². The van der Waals surface area contributed by atoms with E-state index in [-0.39, 0.29) is 6.10 Å². The summed E-state index contributed by atoms with van der Waals surface area (Å²) in [4.78, 5) is 0. The van der Waals surface area contributed by atoms with Crippen molar-refractivity contribution in [3.8, 4) is 0 Å². The van der Waals surface area contributed by atoms with Crippen LogP contribution in [0.15, 0.2) is 0 Å². The van der Waals surface area contributed by atoms with Crippen LogP contribution in [-0.2, 0) is 9.47 Å². The molecule has 6 nitrogen and oxygen atoms in total. The molecular weight excluding hydrogens is 492 g/mol. The van der Waals surface area contributed by atoms with Crippen LogP contribution in [0.4, 0.5) is 0 Å². The molecule has 1 heterocycles. The van der Waals surface area contributed by atoms with Crippen molar-refractivity contribution in [2.24, 2.45) is 0 Å². The van der Waals surface area contributed by atoms with E-state index in [2.05, 4.69) is 13.8 Å². The Morgan fingerprint density at radius 2 is 0.872 bits per heavy atom. The first-order chi connectivity index (χ1) is 19.0. The van der Waals surface area contributed by atoms with Gasteiger partial charge in [0.1, 0.15) is 24.4 Å². The molecule has 0 radical (unpaired) electrons. The fourth-order valence-corrected chi connectivity index (χ4v) is 5.72. The van der Waals surface area contributed by atoms with E-state index in [4.69, 9.17) is 9.47 Å². The molecule has 4 N–H and O–H groups in total. The first-order valence-corrected chi connectivity index (χ1v) is 17.0. The summed E-state index contributed by atoms with van der Waals surface area (Å²) >= 11 is 0. The summed E-state index contributed by atoms with van der Waals surface area (Å²) in [7, 11) is 0. The van der Waals surface area contributed by atoms with E-state index >= 15 is 0 Å². The molecule has 1 aliphatic heterocycles. The zero-order valence-electron chi connectivity index (χ0n) is 25.7. The Balaban J connectivity index is 2.32. The lowest BCUT2D eigenvalue weighted by Gasteiger charge is -2.41. The predicted octanol–water partition coefficient (Wildman–Crippen LogP) is 7.57. The monoisotopic (exact) mass is 558 g/mol. The Bertz CT molecular complexity index is 516. The van der Waals surface area contributed by atoms with Crippen molar-refractivity contribution in [1.29, 1.82) is 0 Å². The highest BCUT2D eigenvalue weighted by Crippen LogP contribution is 2.26. The average molecular weight is 559 g/mol. The van der Waals surface area contributed by atoms with Crippen LogP contribution >= 0.6 is 0 Å². The van der Waals surface area contributed by atoms with E-state index in [0.717, 1.165) is 25.7 Å². The lowest BCUT2D eigenvalue weighted by Crippen LogP contribution is -2.59. The minimum absolute atomic E-state index is 0.0522. The van der Waals surface area contributed by atoms with Crippen molar-refractivity contribution >= 4 is 0 Å². The standard InChI is InChI=1S/C33H66O6/c1-3-5-7-9-11-13-15-16-18-20-22-24-26-28(25-23-21-19-17-14-12-10-8-6-4-2)38-33-32(37)31(36)30(35)29(27-34)39-33/h28-37H,3-27H2,1-2H3/t28-,29?,30?,31?,32?,33?/m0/s1. The fraction of sp³-hybridized carbons (Fsp3) is 1.00.